The molecule has 0 saturated heterocycles. The summed E-state index contributed by atoms with van der Waals surface area (Å²) in [5.41, 5.74) is 4.95. The Morgan fingerprint density at radius 1 is 1.70 bits per heavy atom. The molecule has 0 aromatic heterocycles. The lowest BCUT2D eigenvalue weighted by Gasteiger charge is -2.05. The number of hydrogen-bond donors (Lipinski definition) is 2. The predicted molar refractivity (Wildman–Crippen MR) is 39.3 cm³/mol. The first-order valence-corrected chi connectivity index (χ1v) is 5.07. The third-order valence-corrected chi connectivity index (χ3v) is 2.98. The molecule has 5 heteroatoms. The van der Waals surface area contributed by atoms with Crippen LogP contribution >= 0.6 is 7.37 Å². The Morgan fingerprint density at radius 2 is 2.20 bits per heavy atom. The molecule has 0 aromatic rings. The van der Waals surface area contributed by atoms with E-state index in [4.69, 9.17) is 10.6 Å². The lowest BCUT2D eigenvalue weighted by molar-refractivity contribution is -0.115. The molecule has 4 nitrogen and oxygen atoms in total. The third-order valence-electron chi connectivity index (χ3n) is 1.15. The van der Waals surface area contributed by atoms with Gasteiger partial charge in [0.25, 0.3) is 0 Å². The minimum Gasteiger partial charge on any atom is -0.344 e. The summed E-state index contributed by atoms with van der Waals surface area (Å²) in [6.45, 7) is 1.43. The Balaban J connectivity index is 3.89. The van der Waals surface area contributed by atoms with Gasteiger partial charge in [-0.15, -0.1) is 0 Å². The number of carbonyl (C=O) groups is 1. The first kappa shape index (κ1) is 9.82. The maximum absolute atomic E-state index is 10.8. The van der Waals surface area contributed by atoms with Crippen LogP contribution in [0.25, 0.3) is 0 Å². The maximum atomic E-state index is 10.8. The van der Waals surface area contributed by atoms with Crippen molar-refractivity contribution in [1.82, 2.24) is 0 Å². The minimum absolute atomic E-state index is 0.138. The average molecular weight is 165 g/mol. The van der Waals surface area contributed by atoms with E-state index >= 15 is 0 Å². The fourth-order valence-corrected chi connectivity index (χ4v) is 1.36. The van der Waals surface area contributed by atoms with E-state index in [2.05, 4.69) is 0 Å². The molecule has 0 bridgehead atoms. The van der Waals surface area contributed by atoms with Crippen LogP contribution in [-0.2, 0) is 9.36 Å². The molecular formula is C5H12NO3P. The smallest absolute Gasteiger partial charge is 0.207 e. The highest BCUT2D eigenvalue weighted by atomic mass is 31.2. The minimum atomic E-state index is -3.18. The molecule has 3 N–H and O–H groups in total. The van der Waals surface area contributed by atoms with Crippen LogP contribution in [0, 0.1) is 0 Å². The van der Waals surface area contributed by atoms with Gasteiger partial charge in [-0.25, -0.2) is 0 Å². The van der Waals surface area contributed by atoms with Crippen LogP contribution < -0.4 is 5.73 Å². The second-order valence-electron chi connectivity index (χ2n) is 2.06. The van der Waals surface area contributed by atoms with E-state index in [9.17, 15) is 9.36 Å². The zero-order valence-corrected chi connectivity index (χ0v) is 6.80. The van der Waals surface area contributed by atoms with Gasteiger partial charge in [0, 0.05) is 6.16 Å². The lowest BCUT2D eigenvalue weighted by atomic mass is 10.5. The topological polar surface area (TPSA) is 80.4 Å². The van der Waals surface area contributed by atoms with E-state index in [1.54, 1.807) is 6.92 Å². The van der Waals surface area contributed by atoms with E-state index < -0.39 is 7.37 Å². The number of hydrogen-bond acceptors (Lipinski definition) is 3. The lowest BCUT2D eigenvalue weighted by Crippen LogP contribution is -2.17. The van der Waals surface area contributed by atoms with Gasteiger partial charge >= 0.3 is 0 Å². The largest absolute Gasteiger partial charge is 0.344 e. The summed E-state index contributed by atoms with van der Waals surface area (Å²) in [4.78, 5) is 19.4. The van der Waals surface area contributed by atoms with Crippen molar-refractivity contribution >= 4 is 13.2 Å². The summed E-state index contributed by atoms with van der Waals surface area (Å²) >= 11 is 0. The Bertz CT molecular complexity index is 168. The van der Waals surface area contributed by atoms with Crippen molar-refractivity contribution in [2.75, 3.05) is 18.9 Å². The molecule has 0 rings (SSSR count). The van der Waals surface area contributed by atoms with Crippen molar-refractivity contribution in [3.63, 3.8) is 0 Å². The normalized spacial score (nSPS) is 16.3. The molecule has 1 unspecified atom stereocenters. The second kappa shape index (κ2) is 3.86. The Morgan fingerprint density at radius 3 is 2.50 bits per heavy atom. The molecule has 0 aliphatic heterocycles. The van der Waals surface area contributed by atoms with Gasteiger partial charge in [0.15, 0.2) is 5.78 Å². The number of ketones is 1. The standard InChI is InChI=1S/C5H12NO3P/c1-2-10(8,9)4-5(7)3-6/h2-4,6H2,1H3,(H,8,9). The molecule has 0 radical (unpaired) electrons. The highest BCUT2D eigenvalue weighted by Crippen LogP contribution is 2.38. The molecule has 0 saturated carbocycles. The van der Waals surface area contributed by atoms with E-state index in [0.29, 0.717) is 0 Å². The third kappa shape index (κ3) is 3.77. The first-order valence-electron chi connectivity index (χ1n) is 3.04. The molecule has 0 aliphatic rings. The van der Waals surface area contributed by atoms with Crippen LogP contribution in [-0.4, -0.2) is 29.5 Å². The molecule has 0 heterocycles. The highest BCUT2D eigenvalue weighted by Gasteiger charge is 2.18. The predicted octanol–water partition coefficient (Wildman–Crippen LogP) is -0.196. The van der Waals surface area contributed by atoms with Crippen LogP contribution in [0.1, 0.15) is 6.92 Å². The van der Waals surface area contributed by atoms with Crippen LogP contribution in [0.5, 0.6) is 0 Å². The summed E-state index contributed by atoms with van der Waals surface area (Å²) in [6, 6.07) is 0. The summed E-state index contributed by atoms with van der Waals surface area (Å²) in [6.07, 6.45) is -0.140. The maximum Gasteiger partial charge on any atom is 0.207 e. The van der Waals surface area contributed by atoms with Crippen molar-refractivity contribution in [2.24, 2.45) is 5.73 Å². The fraction of sp³-hybridized carbons (Fsp3) is 0.800. The second-order valence-corrected chi connectivity index (χ2v) is 4.70. The zero-order chi connectivity index (χ0) is 8.20. The molecule has 0 amide bonds. The molecule has 0 aromatic carbocycles. The van der Waals surface area contributed by atoms with Gasteiger partial charge in [-0.1, -0.05) is 6.92 Å². The summed E-state index contributed by atoms with van der Waals surface area (Å²) in [5.74, 6) is -0.354. The van der Waals surface area contributed by atoms with Gasteiger partial charge < -0.3 is 10.6 Å². The van der Waals surface area contributed by atoms with Crippen LogP contribution in [0.4, 0.5) is 0 Å². The number of nitrogens with two attached hydrogens (primary N) is 1. The van der Waals surface area contributed by atoms with Crippen molar-refractivity contribution in [3.8, 4) is 0 Å². The first-order chi connectivity index (χ1) is 4.52. The summed E-state index contributed by atoms with van der Waals surface area (Å²) in [5, 5.41) is 0. The molecule has 0 spiro atoms. The van der Waals surface area contributed by atoms with Crippen LogP contribution in [0.3, 0.4) is 0 Å². The van der Waals surface area contributed by atoms with Gasteiger partial charge in [-0.05, 0) is 0 Å². The summed E-state index contributed by atoms with van der Waals surface area (Å²) in [7, 11) is -3.18. The molecule has 0 fully saturated rings. The van der Waals surface area contributed by atoms with Crippen molar-refractivity contribution < 1.29 is 14.3 Å². The monoisotopic (exact) mass is 165 g/mol. The molecule has 10 heavy (non-hydrogen) atoms. The van der Waals surface area contributed by atoms with Crippen LogP contribution in [0.2, 0.25) is 0 Å². The highest BCUT2D eigenvalue weighted by molar-refractivity contribution is 7.58. The SMILES string of the molecule is CCP(=O)(O)CC(=O)CN. The van der Waals surface area contributed by atoms with E-state index in [0.717, 1.165) is 0 Å². The van der Waals surface area contributed by atoms with Gasteiger partial charge in [0.05, 0.1) is 12.7 Å². The van der Waals surface area contributed by atoms with Crippen molar-refractivity contribution in [2.45, 2.75) is 6.92 Å². The van der Waals surface area contributed by atoms with E-state index in [1.165, 1.54) is 0 Å². The molecule has 1 atom stereocenters. The Labute approximate surface area is 59.9 Å². The summed E-state index contributed by atoms with van der Waals surface area (Å²) < 4.78 is 10.8. The Hall–Kier alpha value is -0.180. The van der Waals surface area contributed by atoms with Gasteiger partial charge in [-0.2, -0.15) is 0 Å². The zero-order valence-electron chi connectivity index (χ0n) is 5.91. The van der Waals surface area contributed by atoms with E-state index in [-0.39, 0.29) is 24.7 Å². The average Bonchev–Trinajstić information content (AvgIpc) is 1.87. The van der Waals surface area contributed by atoms with Gasteiger partial charge in [0.1, 0.15) is 0 Å². The number of carbonyl (C=O) groups excluding carboxylic acids is 1. The van der Waals surface area contributed by atoms with Gasteiger partial charge in [-0.3, -0.25) is 9.36 Å². The van der Waals surface area contributed by atoms with Crippen LogP contribution in [0.15, 0.2) is 0 Å². The number of rotatable bonds is 4. The molecule has 0 aliphatic carbocycles. The van der Waals surface area contributed by atoms with E-state index in [1.807, 2.05) is 0 Å². The van der Waals surface area contributed by atoms with Crippen molar-refractivity contribution in [1.29, 1.82) is 0 Å². The van der Waals surface area contributed by atoms with Crippen molar-refractivity contribution in [3.05, 3.63) is 0 Å². The fourth-order valence-electron chi connectivity index (χ4n) is 0.452. The number of Topliss-reactive ketones (excluding diaryl/α,β-unsaturated/α-hetero) is 1. The van der Waals surface area contributed by atoms with Gasteiger partial charge in [0.2, 0.25) is 7.37 Å². The Kier molecular flexibility index (Phi) is 3.79. The molecule has 60 valence electrons. The molecular weight excluding hydrogens is 153 g/mol. The quantitative estimate of drug-likeness (QED) is 0.565.